The van der Waals surface area contributed by atoms with Gasteiger partial charge in [0, 0.05) is 20.0 Å². The maximum absolute atomic E-state index is 12.9. The van der Waals surface area contributed by atoms with E-state index in [9.17, 15) is 4.79 Å². The fourth-order valence-corrected chi connectivity index (χ4v) is 3.73. The van der Waals surface area contributed by atoms with Crippen molar-refractivity contribution in [3.8, 4) is 11.5 Å². The standard InChI is InChI=1S/C28H35NO4/c1-19-8-10-22(28(2,3)4)17-21(19)18-23-11-13-25(33-23)27(30)29(5)15-14-20-9-12-24(31-6)26(16-20)32-7/h8-13,16-17H,14-15,18H2,1-7H3. The van der Waals surface area contributed by atoms with Crippen LogP contribution in [0.3, 0.4) is 0 Å². The summed E-state index contributed by atoms with van der Waals surface area (Å²) >= 11 is 0. The number of methoxy groups -OCH3 is 2. The molecule has 5 nitrogen and oxygen atoms in total. The van der Waals surface area contributed by atoms with Crippen LogP contribution >= 0.6 is 0 Å². The van der Waals surface area contributed by atoms with Crippen molar-refractivity contribution >= 4 is 5.91 Å². The van der Waals surface area contributed by atoms with E-state index in [4.69, 9.17) is 13.9 Å². The summed E-state index contributed by atoms with van der Waals surface area (Å²) in [7, 11) is 5.03. The molecule has 0 aliphatic rings. The number of hydrogen-bond donors (Lipinski definition) is 0. The number of likely N-dealkylation sites (N-methyl/N-ethyl adjacent to an activating group) is 1. The Morgan fingerprint density at radius 1 is 0.970 bits per heavy atom. The average Bonchev–Trinajstić information content (AvgIpc) is 3.25. The molecule has 0 aliphatic heterocycles. The van der Waals surface area contributed by atoms with Gasteiger partial charge in [-0.2, -0.15) is 0 Å². The van der Waals surface area contributed by atoms with Crippen LogP contribution in [-0.2, 0) is 18.3 Å². The van der Waals surface area contributed by atoms with E-state index < -0.39 is 0 Å². The zero-order valence-corrected chi connectivity index (χ0v) is 20.8. The minimum atomic E-state index is -0.123. The number of rotatable bonds is 8. The highest BCUT2D eigenvalue weighted by Crippen LogP contribution is 2.28. The summed E-state index contributed by atoms with van der Waals surface area (Å²) in [6, 6.07) is 16.1. The van der Waals surface area contributed by atoms with Crippen LogP contribution in [0.5, 0.6) is 11.5 Å². The van der Waals surface area contributed by atoms with Gasteiger partial charge in [-0.3, -0.25) is 4.79 Å². The molecule has 0 spiro atoms. The maximum atomic E-state index is 12.9. The lowest BCUT2D eigenvalue weighted by atomic mass is 9.85. The van der Waals surface area contributed by atoms with Crippen LogP contribution in [-0.4, -0.2) is 38.6 Å². The van der Waals surface area contributed by atoms with Gasteiger partial charge in [-0.05, 0) is 65.3 Å². The van der Waals surface area contributed by atoms with Crippen LogP contribution in [0.4, 0.5) is 0 Å². The number of ether oxygens (including phenoxy) is 2. The second-order valence-electron chi connectivity index (χ2n) is 9.50. The molecule has 33 heavy (non-hydrogen) atoms. The normalized spacial score (nSPS) is 11.4. The number of hydrogen-bond acceptors (Lipinski definition) is 4. The van der Waals surface area contributed by atoms with E-state index >= 15 is 0 Å². The first-order valence-corrected chi connectivity index (χ1v) is 11.3. The first kappa shape index (κ1) is 24.4. The van der Waals surface area contributed by atoms with Gasteiger partial charge in [0.15, 0.2) is 17.3 Å². The van der Waals surface area contributed by atoms with Gasteiger partial charge < -0.3 is 18.8 Å². The minimum Gasteiger partial charge on any atom is -0.493 e. The molecule has 0 saturated heterocycles. The Hall–Kier alpha value is -3.21. The molecule has 0 unspecified atom stereocenters. The Balaban J connectivity index is 1.65. The molecule has 0 saturated carbocycles. The number of carbonyl (C=O) groups is 1. The largest absolute Gasteiger partial charge is 0.493 e. The van der Waals surface area contributed by atoms with Crippen molar-refractivity contribution in [2.45, 2.75) is 46.0 Å². The number of amides is 1. The lowest BCUT2D eigenvalue weighted by molar-refractivity contribution is 0.0763. The molecular weight excluding hydrogens is 414 g/mol. The number of carbonyl (C=O) groups excluding carboxylic acids is 1. The van der Waals surface area contributed by atoms with Crippen LogP contribution in [0.1, 0.15) is 59.3 Å². The topological polar surface area (TPSA) is 51.9 Å². The molecule has 1 heterocycles. The third-order valence-corrected chi connectivity index (χ3v) is 5.98. The second-order valence-corrected chi connectivity index (χ2v) is 9.50. The molecule has 1 aromatic heterocycles. The van der Waals surface area contributed by atoms with E-state index in [0.29, 0.717) is 36.6 Å². The fraction of sp³-hybridized carbons (Fsp3) is 0.393. The van der Waals surface area contributed by atoms with Crippen molar-refractivity contribution in [1.29, 1.82) is 0 Å². The number of aryl methyl sites for hydroxylation is 1. The highest BCUT2D eigenvalue weighted by Gasteiger charge is 2.18. The molecule has 0 fully saturated rings. The number of furan rings is 1. The monoisotopic (exact) mass is 449 g/mol. The predicted octanol–water partition coefficient (Wildman–Crippen LogP) is 5.81. The van der Waals surface area contributed by atoms with Crippen molar-refractivity contribution in [3.05, 3.63) is 82.3 Å². The lowest BCUT2D eigenvalue weighted by Crippen LogP contribution is -2.28. The summed E-state index contributed by atoms with van der Waals surface area (Å²) in [5, 5.41) is 0. The van der Waals surface area contributed by atoms with Gasteiger partial charge in [-0.1, -0.05) is 45.0 Å². The summed E-state index contributed by atoms with van der Waals surface area (Å²) in [6.45, 7) is 9.31. The van der Waals surface area contributed by atoms with Crippen LogP contribution in [0.25, 0.3) is 0 Å². The lowest BCUT2D eigenvalue weighted by Gasteiger charge is -2.20. The van der Waals surface area contributed by atoms with Gasteiger partial charge in [0.2, 0.25) is 0 Å². The SMILES string of the molecule is COc1ccc(CCN(C)C(=O)c2ccc(Cc3cc(C(C)(C)C)ccc3C)o2)cc1OC. The van der Waals surface area contributed by atoms with Gasteiger partial charge >= 0.3 is 0 Å². The molecule has 0 radical (unpaired) electrons. The van der Waals surface area contributed by atoms with Crippen molar-refractivity contribution in [2.24, 2.45) is 0 Å². The molecule has 0 N–H and O–H groups in total. The second kappa shape index (κ2) is 10.2. The first-order valence-electron chi connectivity index (χ1n) is 11.3. The molecule has 0 atom stereocenters. The quantitative estimate of drug-likeness (QED) is 0.436. The molecule has 0 aliphatic carbocycles. The van der Waals surface area contributed by atoms with Crippen LogP contribution in [0.2, 0.25) is 0 Å². The summed E-state index contributed by atoms with van der Waals surface area (Å²) < 4.78 is 16.6. The predicted molar refractivity (Wildman–Crippen MR) is 132 cm³/mol. The van der Waals surface area contributed by atoms with Crippen molar-refractivity contribution in [1.82, 2.24) is 4.90 Å². The first-order chi connectivity index (χ1) is 15.6. The van der Waals surface area contributed by atoms with Gasteiger partial charge in [0.1, 0.15) is 5.76 Å². The van der Waals surface area contributed by atoms with Crippen molar-refractivity contribution in [3.63, 3.8) is 0 Å². The third-order valence-electron chi connectivity index (χ3n) is 5.98. The van der Waals surface area contributed by atoms with E-state index in [1.807, 2.05) is 24.3 Å². The van der Waals surface area contributed by atoms with Crippen molar-refractivity contribution in [2.75, 3.05) is 27.8 Å². The zero-order valence-electron chi connectivity index (χ0n) is 20.8. The molecular formula is C28H35NO4. The Labute approximate surface area is 197 Å². The molecule has 3 aromatic rings. The molecule has 3 rings (SSSR count). The van der Waals surface area contributed by atoms with E-state index in [2.05, 4.69) is 45.9 Å². The van der Waals surface area contributed by atoms with E-state index in [0.717, 1.165) is 11.3 Å². The van der Waals surface area contributed by atoms with Gasteiger partial charge in [-0.15, -0.1) is 0 Å². The van der Waals surface area contributed by atoms with E-state index in [1.54, 1.807) is 32.2 Å². The minimum absolute atomic E-state index is 0.0867. The third kappa shape index (κ3) is 5.98. The Kier molecular flexibility index (Phi) is 7.52. The maximum Gasteiger partial charge on any atom is 0.289 e. The molecule has 0 bridgehead atoms. The van der Waals surface area contributed by atoms with Crippen LogP contribution in [0.15, 0.2) is 52.9 Å². The summed E-state index contributed by atoms with van der Waals surface area (Å²) in [4.78, 5) is 14.6. The van der Waals surface area contributed by atoms with E-state index in [1.165, 1.54) is 16.7 Å². The van der Waals surface area contributed by atoms with E-state index in [-0.39, 0.29) is 11.3 Å². The molecule has 5 heteroatoms. The van der Waals surface area contributed by atoms with Gasteiger partial charge in [-0.25, -0.2) is 0 Å². The van der Waals surface area contributed by atoms with Gasteiger partial charge in [0.05, 0.1) is 14.2 Å². The van der Waals surface area contributed by atoms with Crippen molar-refractivity contribution < 1.29 is 18.7 Å². The number of nitrogens with zero attached hydrogens (tertiary/aromatic N) is 1. The highest BCUT2D eigenvalue weighted by molar-refractivity contribution is 5.91. The van der Waals surface area contributed by atoms with Crippen LogP contribution in [0, 0.1) is 6.92 Å². The highest BCUT2D eigenvalue weighted by atomic mass is 16.5. The average molecular weight is 450 g/mol. The summed E-state index contributed by atoms with van der Waals surface area (Å²) in [5.74, 6) is 2.41. The zero-order chi connectivity index (χ0) is 24.2. The smallest absolute Gasteiger partial charge is 0.289 e. The summed E-state index contributed by atoms with van der Waals surface area (Å²) in [6.07, 6.45) is 1.37. The van der Waals surface area contributed by atoms with Gasteiger partial charge in [0.25, 0.3) is 5.91 Å². The Morgan fingerprint density at radius 3 is 2.36 bits per heavy atom. The molecule has 2 aromatic carbocycles. The Bertz CT molecular complexity index is 1110. The summed E-state index contributed by atoms with van der Waals surface area (Å²) in [5.41, 5.74) is 4.89. The fourth-order valence-electron chi connectivity index (χ4n) is 3.73. The molecule has 1 amide bonds. The van der Waals surface area contributed by atoms with Crippen LogP contribution < -0.4 is 9.47 Å². The Morgan fingerprint density at radius 2 is 1.70 bits per heavy atom. The number of benzene rings is 2. The molecule has 176 valence electrons.